The van der Waals surface area contributed by atoms with E-state index in [4.69, 9.17) is 15.6 Å². The third kappa shape index (κ3) is 3.48. The lowest BCUT2D eigenvalue weighted by Gasteiger charge is -2.11. The monoisotopic (exact) mass is 412 g/mol. The molecule has 1 aromatic carbocycles. The molecule has 0 spiro atoms. The largest absolute Gasteiger partial charge is 0.439 e. The highest BCUT2D eigenvalue weighted by Gasteiger charge is 2.28. The van der Waals surface area contributed by atoms with Gasteiger partial charge in [0.2, 0.25) is 5.88 Å². The summed E-state index contributed by atoms with van der Waals surface area (Å²) in [7, 11) is 0. The summed E-state index contributed by atoms with van der Waals surface area (Å²) in [6.45, 7) is 3.29. The van der Waals surface area contributed by atoms with Crippen molar-refractivity contribution in [3.05, 3.63) is 54.5 Å². The standard InChI is InChI=1S/C22H20N8O/c1-14-2-7-18(25-10-14)31-17-5-3-15(4-6-17)20-19-21(24)26-13-27-22(19)30(28-20)16-8-9-29(11-16)12-23/h2-7,10,13,16H,8-9,11H2,1H3,(H2,24,26,27)/t16-/m0/s1. The van der Waals surface area contributed by atoms with Crippen molar-refractivity contribution < 1.29 is 4.74 Å². The number of nitrogens with zero attached hydrogens (tertiary/aromatic N) is 7. The van der Waals surface area contributed by atoms with E-state index >= 15 is 0 Å². The first kappa shape index (κ1) is 18.8. The highest BCUT2D eigenvalue weighted by Crippen LogP contribution is 2.34. The second-order valence-corrected chi connectivity index (χ2v) is 7.54. The van der Waals surface area contributed by atoms with Gasteiger partial charge in [-0.1, -0.05) is 6.07 Å². The van der Waals surface area contributed by atoms with Crippen LogP contribution in [0.5, 0.6) is 11.6 Å². The van der Waals surface area contributed by atoms with Crippen LogP contribution in [0.1, 0.15) is 18.0 Å². The van der Waals surface area contributed by atoms with Crippen molar-refractivity contribution in [1.82, 2.24) is 29.6 Å². The van der Waals surface area contributed by atoms with E-state index in [1.807, 2.05) is 48.0 Å². The van der Waals surface area contributed by atoms with Crippen molar-refractivity contribution in [3.8, 4) is 29.1 Å². The van der Waals surface area contributed by atoms with E-state index in [0.717, 1.165) is 17.5 Å². The summed E-state index contributed by atoms with van der Waals surface area (Å²) in [5.41, 5.74) is 9.55. The number of aromatic nitrogens is 5. The maximum Gasteiger partial charge on any atom is 0.219 e. The van der Waals surface area contributed by atoms with Crippen LogP contribution in [-0.2, 0) is 0 Å². The first-order valence-electron chi connectivity index (χ1n) is 9.96. The fraction of sp³-hybridized carbons (Fsp3) is 0.227. The maximum absolute atomic E-state index is 9.20. The third-order valence-electron chi connectivity index (χ3n) is 5.40. The Morgan fingerprint density at radius 3 is 2.68 bits per heavy atom. The lowest BCUT2D eigenvalue weighted by molar-refractivity contribution is 0.433. The molecular weight excluding hydrogens is 392 g/mol. The Morgan fingerprint density at radius 1 is 1.13 bits per heavy atom. The van der Waals surface area contributed by atoms with Gasteiger partial charge in [-0.25, -0.2) is 19.6 Å². The molecule has 2 N–H and O–H groups in total. The first-order chi connectivity index (χ1) is 15.1. The van der Waals surface area contributed by atoms with Gasteiger partial charge in [-0.05, 0) is 43.2 Å². The first-order valence-corrected chi connectivity index (χ1v) is 9.96. The number of nitrogen functional groups attached to an aromatic ring is 1. The fourth-order valence-corrected chi connectivity index (χ4v) is 3.80. The van der Waals surface area contributed by atoms with E-state index in [0.29, 0.717) is 47.3 Å². The summed E-state index contributed by atoms with van der Waals surface area (Å²) in [5.74, 6) is 1.59. The Balaban J connectivity index is 1.50. The molecule has 1 aliphatic rings. The SMILES string of the molecule is Cc1ccc(Oc2ccc(-c3nn([C@H]4CCN(C#N)C4)c4ncnc(N)c34)cc2)nc1. The molecule has 1 aliphatic heterocycles. The van der Waals surface area contributed by atoms with E-state index in [1.165, 1.54) is 6.33 Å². The third-order valence-corrected chi connectivity index (χ3v) is 5.40. The minimum absolute atomic E-state index is 0.0559. The van der Waals surface area contributed by atoms with Crippen LogP contribution in [0.25, 0.3) is 22.3 Å². The second kappa shape index (κ2) is 7.57. The average Bonchev–Trinajstić information content (AvgIpc) is 3.41. The van der Waals surface area contributed by atoms with Gasteiger partial charge in [0.05, 0.1) is 18.0 Å². The number of benzene rings is 1. The number of hydrogen-bond donors (Lipinski definition) is 1. The normalized spacial score (nSPS) is 15.9. The molecule has 31 heavy (non-hydrogen) atoms. The number of anilines is 1. The van der Waals surface area contributed by atoms with E-state index in [1.54, 1.807) is 11.1 Å². The molecule has 1 atom stereocenters. The number of rotatable bonds is 4. The molecule has 5 rings (SSSR count). The second-order valence-electron chi connectivity index (χ2n) is 7.54. The van der Waals surface area contributed by atoms with Crippen molar-refractivity contribution in [3.63, 3.8) is 0 Å². The minimum Gasteiger partial charge on any atom is -0.439 e. The maximum atomic E-state index is 9.20. The summed E-state index contributed by atoms with van der Waals surface area (Å²) in [6.07, 6.45) is 6.24. The van der Waals surface area contributed by atoms with Crippen LogP contribution in [0.2, 0.25) is 0 Å². The molecule has 4 heterocycles. The zero-order valence-corrected chi connectivity index (χ0v) is 16.9. The van der Waals surface area contributed by atoms with Gasteiger partial charge in [0.25, 0.3) is 0 Å². The number of nitrogens with two attached hydrogens (primary N) is 1. The van der Waals surface area contributed by atoms with Crippen molar-refractivity contribution in [2.45, 2.75) is 19.4 Å². The molecule has 9 heteroatoms. The number of hydrogen-bond acceptors (Lipinski definition) is 8. The van der Waals surface area contributed by atoms with Gasteiger partial charge in [-0.15, -0.1) is 0 Å². The summed E-state index contributed by atoms with van der Waals surface area (Å²) in [4.78, 5) is 14.6. The Morgan fingerprint density at radius 2 is 1.97 bits per heavy atom. The Bertz CT molecular complexity index is 1270. The fourth-order valence-electron chi connectivity index (χ4n) is 3.80. The number of fused-ring (bicyclic) bond motifs is 1. The Kier molecular flexibility index (Phi) is 4.59. The molecular formula is C22H20N8O. The zero-order chi connectivity index (χ0) is 21.4. The Labute approximate surface area is 178 Å². The molecule has 1 saturated heterocycles. The van der Waals surface area contributed by atoms with Gasteiger partial charge in [0, 0.05) is 24.4 Å². The minimum atomic E-state index is 0.0559. The number of ether oxygens (including phenoxy) is 1. The molecule has 0 saturated carbocycles. The average molecular weight is 412 g/mol. The lowest BCUT2D eigenvalue weighted by atomic mass is 10.1. The smallest absolute Gasteiger partial charge is 0.219 e. The molecule has 0 bridgehead atoms. The predicted molar refractivity (Wildman–Crippen MR) is 115 cm³/mol. The van der Waals surface area contributed by atoms with Crippen LogP contribution in [0, 0.1) is 18.4 Å². The van der Waals surface area contributed by atoms with E-state index in [-0.39, 0.29) is 6.04 Å². The van der Waals surface area contributed by atoms with Gasteiger partial charge in [-0.3, -0.25) is 0 Å². The van der Waals surface area contributed by atoms with Crippen LogP contribution in [0.3, 0.4) is 0 Å². The van der Waals surface area contributed by atoms with Crippen LogP contribution in [0.4, 0.5) is 5.82 Å². The van der Waals surface area contributed by atoms with Crippen molar-refractivity contribution in [2.24, 2.45) is 0 Å². The van der Waals surface area contributed by atoms with E-state index < -0.39 is 0 Å². The molecule has 9 nitrogen and oxygen atoms in total. The quantitative estimate of drug-likeness (QED) is 0.507. The highest BCUT2D eigenvalue weighted by molar-refractivity contribution is 5.98. The number of likely N-dealkylation sites (tertiary alicyclic amines) is 1. The van der Waals surface area contributed by atoms with Crippen LogP contribution < -0.4 is 10.5 Å². The van der Waals surface area contributed by atoms with Gasteiger partial charge < -0.3 is 15.4 Å². The van der Waals surface area contributed by atoms with Crippen LogP contribution >= 0.6 is 0 Å². The molecule has 154 valence electrons. The van der Waals surface area contributed by atoms with Crippen LogP contribution in [-0.4, -0.2) is 42.7 Å². The predicted octanol–water partition coefficient (Wildman–Crippen LogP) is 3.30. The molecule has 4 aromatic rings. The van der Waals surface area contributed by atoms with Crippen molar-refractivity contribution >= 4 is 16.9 Å². The summed E-state index contributed by atoms with van der Waals surface area (Å²) < 4.78 is 7.70. The lowest BCUT2D eigenvalue weighted by Crippen LogP contribution is -2.17. The molecule has 1 fully saturated rings. The summed E-state index contributed by atoms with van der Waals surface area (Å²) in [6, 6.07) is 11.4. The molecule has 0 aliphatic carbocycles. The summed E-state index contributed by atoms with van der Waals surface area (Å²) in [5, 5.41) is 14.8. The zero-order valence-electron chi connectivity index (χ0n) is 16.9. The topological polar surface area (TPSA) is 119 Å². The molecule has 0 unspecified atom stereocenters. The van der Waals surface area contributed by atoms with Crippen molar-refractivity contribution in [1.29, 1.82) is 5.26 Å². The van der Waals surface area contributed by atoms with Crippen molar-refractivity contribution in [2.75, 3.05) is 18.8 Å². The molecule has 3 aromatic heterocycles. The number of aryl methyl sites for hydroxylation is 1. The molecule has 0 amide bonds. The number of nitriles is 1. The van der Waals surface area contributed by atoms with Gasteiger partial charge in [0.1, 0.15) is 23.6 Å². The highest BCUT2D eigenvalue weighted by atomic mass is 16.5. The number of pyridine rings is 1. The van der Waals surface area contributed by atoms with Gasteiger partial charge in [-0.2, -0.15) is 10.4 Å². The van der Waals surface area contributed by atoms with Gasteiger partial charge >= 0.3 is 0 Å². The van der Waals surface area contributed by atoms with E-state index in [9.17, 15) is 5.26 Å². The van der Waals surface area contributed by atoms with Gasteiger partial charge in [0.15, 0.2) is 11.8 Å². The van der Waals surface area contributed by atoms with Crippen LogP contribution in [0.15, 0.2) is 48.9 Å². The molecule has 0 radical (unpaired) electrons. The van der Waals surface area contributed by atoms with E-state index in [2.05, 4.69) is 21.1 Å². The summed E-state index contributed by atoms with van der Waals surface area (Å²) >= 11 is 0. The Hall–Kier alpha value is -4.19.